The first-order valence-corrected chi connectivity index (χ1v) is 9.63. The summed E-state index contributed by atoms with van der Waals surface area (Å²) >= 11 is 0. The van der Waals surface area contributed by atoms with Gasteiger partial charge in [-0.2, -0.15) is 0 Å². The zero-order chi connectivity index (χ0) is 19.4. The van der Waals surface area contributed by atoms with Gasteiger partial charge in [0.05, 0.1) is 30.0 Å². The fraction of sp³-hybridized carbons (Fsp3) is 0.550. The maximum Gasteiger partial charge on any atom is 0.237 e. The minimum Gasteiger partial charge on any atom is -0.353 e. The summed E-state index contributed by atoms with van der Waals surface area (Å²) in [4.78, 5) is 36.6. The molecule has 0 radical (unpaired) electrons. The lowest BCUT2D eigenvalue weighted by atomic mass is 10.1. The van der Waals surface area contributed by atoms with E-state index in [0.717, 1.165) is 36.4 Å². The molecule has 1 aromatic carbocycles. The Morgan fingerprint density at radius 1 is 1.37 bits per heavy atom. The van der Waals surface area contributed by atoms with Crippen molar-refractivity contribution in [3.63, 3.8) is 0 Å². The van der Waals surface area contributed by atoms with Gasteiger partial charge in [0.15, 0.2) is 0 Å². The second kappa shape index (κ2) is 8.52. The molecule has 1 unspecified atom stereocenters. The van der Waals surface area contributed by atoms with Crippen LogP contribution < -0.4 is 5.32 Å². The van der Waals surface area contributed by atoms with Gasteiger partial charge in [-0.15, -0.1) is 0 Å². The van der Waals surface area contributed by atoms with Crippen molar-refractivity contribution in [2.24, 2.45) is 5.92 Å². The van der Waals surface area contributed by atoms with Crippen LogP contribution >= 0.6 is 0 Å². The number of hydrogen-bond donors (Lipinski definition) is 2. The number of aromatic amines is 1. The Hall–Kier alpha value is -2.41. The zero-order valence-corrected chi connectivity index (χ0v) is 16.4. The van der Waals surface area contributed by atoms with Crippen molar-refractivity contribution in [3.05, 3.63) is 30.1 Å². The van der Waals surface area contributed by atoms with Crippen LogP contribution in [0, 0.1) is 5.92 Å². The van der Waals surface area contributed by atoms with Crippen molar-refractivity contribution in [1.82, 2.24) is 25.1 Å². The average Bonchev–Trinajstić information content (AvgIpc) is 3.04. The lowest BCUT2D eigenvalue weighted by Gasteiger charge is -2.35. The predicted molar refractivity (Wildman–Crippen MR) is 105 cm³/mol. The quantitative estimate of drug-likeness (QED) is 0.777. The Balaban J connectivity index is 1.61. The van der Waals surface area contributed by atoms with Gasteiger partial charge in [0.25, 0.3) is 0 Å². The smallest absolute Gasteiger partial charge is 0.237 e. The van der Waals surface area contributed by atoms with Crippen molar-refractivity contribution in [2.75, 3.05) is 26.7 Å². The number of para-hydroxylation sites is 2. The van der Waals surface area contributed by atoms with Gasteiger partial charge in [-0.25, -0.2) is 4.98 Å². The highest BCUT2D eigenvalue weighted by Crippen LogP contribution is 2.15. The highest BCUT2D eigenvalue weighted by atomic mass is 16.2. The summed E-state index contributed by atoms with van der Waals surface area (Å²) in [6.45, 7) is 7.03. The Morgan fingerprint density at radius 3 is 2.89 bits per heavy atom. The van der Waals surface area contributed by atoms with Gasteiger partial charge in [0, 0.05) is 20.1 Å². The Morgan fingerprint density at radius 2 is 2.15 bits per heavy atom. The number of rotatable bonds is 7. The highest BCUT2D eigenvalue weighted by Gasteiger charge is 2.32. The van der Waals surface area contributed by atoms with Crippen molar-refractivity contribution < 1.29 is 9.59 Å². The molecular formula is C20H29N5O2. The lowest BCUT2D eigenvalue weighted by molar-refractivity contribution is -0.138. The molecule has 2 N–H and O–H groups in total. The van der Waals surface area contributed by atoms with Crippen molar-refractivity contribution in [1.29, 1.82) is 0 Å². The second-order valence-corrected chi connectivity index (χ2v) is 7.68. The predicted octanol–water partition coefficient (Wildman–Crippen LogP) is 1.76. The number of benzene rings is 1. The average molecular weight is 371 g/mol. The van der Waals surface area contributed by atoms with Crippen LogP contribution in [0.4, 0.5) is 0 Å². The molecule has 2 aromatic rings. The monoisotopic (exact) mass is 371 g/mol. The number of amides is 2. The standard InChI is InChI=1S/C20H29N5O2/c1-14(2)8-10-25-11-9-21-20(27)17(25)12-19(26)24(3)13-18-22-15-6-4-5-7-16(15)23-18/h4-7,14,17H,8-13H2,1-3H3,(H,21,27)(H,22,23). The van der Waals surface area contributed by atoms with Crippen LogP contribution in [0.2, 0.25) is 0 Å². The number of nitrogens with one attached hydrogen (secondary N) is 2. The van der Waals surface area contributed by atoms with Crippen LogP contribution in [0.25, 0.3) is 11.0 Å². The first kappa shape index (κ1) is 19.4. The summed E-state index contributed by atoms with van der Waals surface area (Å²) in [6.07, 6.45) is 1.22. The van der Waals surface area contributed by atoms with Gasteiger partial charge in [-0.1, -0.05) is 26.0 Å². The molecule has 0 bridgehead atoms. The molecule has 2 heterocycles. The van der Waals surface area contributed by atoms with Gasteiger partial charge in [-0.3, -0.25) is 14.5 Å². The number of carbonyl (C=O) groups excluding carboxylic acids is 2. The molecule has 1 aliphatic heterocycles. The van der Waals surface area contributed by atoms with E-state index in [9.17, 15) is 9.59 Å². The lowest BCUT2D eigenvalue weighted by Crippen LogP contribution is -2.56. The van der Waals surface area contributed by atoms with Gasteiger partial charge in [0.1, 0.15) is 5.82 Å². The summed E-state index contributed by atoms with van der Waals surface area (Å²) in [5.74, 6) is 1.22. The van der Waals surface area contributed by atoms with Gasteiger partial charge < -0.3 is 15.2 Å². The Labute approximate surface area is 160 Å². The van der Waals surface area contributed by atoms with Crippen molar-refractivity contribution in [2.45, 2.75) is 39.3 Å². The molecule has 3 rings (SSSR count). The van der Waals surface area contributed by atoms with E-state index in [2.05, 4.69) is 34.0 Å². The molecular weight excluding hydrogens is 342 g/mol. The summed E-state index contributed by atoms with van der Waals surface area (Å²) < 4.78 is 0. The molecule has 0 spiro atoms. The molecule has 1 fully saturated rings. The molecule has 7 heteroatoms. The molecule has 1 aliphatic rings. The van der Waals surface area contributed by atoms with Crippen molar-refractivity contribution >= 4 is 22.8 Å². The molecule has 27 heavy (non-hydrogen) atoms. The first-order chi connectivity index (χ1) is 12.9. The molecule has 146 valence electrons. The fourth-order valence-electron chi connectivity index (χ4n) is 3.39. The van der Waals surface area contributed by atoms with E-state index in [1.807, 2.05) is 24.3 Å². The van der Waals surface area contributed by atoms with Crippen molar-refractivity contribution in [3.8, 4) is 0 Å². The molecule has 1 atom stereocenters. The molecule has 0 aliphatic carbocycles. The molecule has 7 nitrogen and oxygen atoms in total. The third-order valence-corrected chi connectivity index (χ3v) is 5.05. The Bertz CT molecular complexity index is 768. The molecule has 1 aromatic heterocycles. The normalized spacial score (nSPS) is 18.1. The van der Waals surface area contributed by atoms with Gasteiger partial charge >= 0.3 is 0 Å². The van der Waals surface area contributed by atoms with E-state index in [1.54, 1.807) is 11.9 Å². The summed E-state index contributed by atoms with van der Waals surface area (Å²) in [7, 11) is 1.76. The van der Waals surface area contributed by atoms with E-state index in [-0.39, 0.29) is 24.3 Å². The largest absolute Gasteiger partial charge is 0.353 e. The van der Waals surface area contributed by atoms with Crippen LogP contribution in [0.5, 0.6) is 0 Å². The van der Waals surface area contributed by atoms with Crippen LogP contribution in [0.15, 0.2) is 24.3 Å². The van der Waals surface area contributed by atoms with Crippen LogP contribution in [-0.2, 0) is 16.1 Å². The van der Waals surface area contributed by atoms with E-state index >= 15 is 0 Å². The van der Waals surface area contributed by atoms with Crippen LogP contribution in [-0.4, -0.2) is 64.3 Å². The number of nitrogens with zero attached hydrogens (tertiary/aromatic N) is 3. The third kappa shape index (κ3) is 4.86. The topological polar surface area (TPSA) is 81.3 Å². The zero-order valence-electron chi connectivity index (χ0n) is 16.4. The number of carbonyl (C=O) groups is 2. The SMILES string of the molecule is CC(C)CCN1CCNC(=O)C1CC(=O)N(C)Cc1nc2ccccc2[nH]1. The highest BCUT2D eigenvalue weighted by molar-refractivity contribution is 5.88. The maximum atomic E-state index is 12.7. The second-order valence-electron chi connectivity index (χ2n) is 7.68. The van der Waals surface area contributed by atoms with E-state index in [0.29, 0.717) is 19.0 Å². The number of H-pyrrole nitrogens is 1. The summed E-state index contributed by atoms with van der Waals surface area (Å²) in [6, 6.07) is 7.41. The number of fused-ring (bicyclic) bond motifs is 1. The van der Waals surface area contributed by atoms with Gasteiger partial charge in [0.2, 0.25) is 11.8 Å². The van der Waals surface area contributed by atoms with Crippen LogP contribution in [0.3, 0.4) is 0 Å². The fourth-order valence-corrected chi connectivity index (χ4v) is 3.39. The minimum atomic E-state index is -0.386. The molecule has 2 amide bonds. The summed E-state index contributed by atoms with van der Waals surface area (Å²) in [5.41, 5.74) is 1.85. The van der Waals surface area contributed by atoms with E-state index < -0.39 is 0 Å². The minimum absolute atomic E-state index is 0.0458. The molecule has 0 saturated carbocycles. The number of hydrogen-bond acceptors (Lipinski definition) is 4. The number of aromatic nitrogens is 2. The molecule has 1 saturated heterocycles. The van der Waals surface area contributed by atoms with Crippen LogP contribution in [0.1, 0.15) is 32.5 Å². The summed E-state index contributed by atoms with van der Waals surface area (Å²) in [5, 5.41) is 2.89. The Kier molecular flexibility index (Phi) is 6.11. The number of imidazole rings is 1. The first-order valence-electron chi connectivity index (χ1n) is 9.63. The van der Waals surface area contributed by atoms with E-state index in [1.165, 1.54) is 0 Å². The number of piperazine rings is 1. The third-order valence-electron chi connectivity index (χ3n) is 5.05. The van der Waals surface area contributed by atoms with E-state index in [4.69, 9.17) is 0 Å². The maximum absolute atomic E-state index is 12.7. The van der Waals surface area contributed by atoms with Gasteiger partial charge in [-0.05, 0) is 31.0 Å².